The largest absolute Gasteiger partial charge is 0.462 e. The number of anilines is 1. The molecule has 9 nitrogen and oxygen atoms in total. The number of nitrogens with zero attached hydrogens (tertiary/aromatic N) is 7. The van der Waals surface area contributed by atoms with Crippen LogP contribution in [-0.2, 0) is 4.79 Å². The van der Waals surface area contributed by atoms with Crippen molar-refractivity contribution in [1.82, 2.24) is 24.8 Å². The van der Waals surface area contributed by atoms with Crippen molar-refractivity contribution in [3.63, 3.8) is 0 Å². The molecule has 0 aliphatic carbocycles. The smallest absolute Gasteiger partial charge is 0.320 e. The summed E-state index contributed by atoms with van der Waals surface area (Å²) in [5, 5.41) is 13.6. The lowest BCUT2D eigenvalue weighted by Crippen LogP contribution is -2.55. The molecule has 2 fully saturated rings. The number of hydrogen-bond acceptors (Lipinski definition) is 9. The number of nitriles is 1. The van der Waals surface area contributed by atoms with Crippen LogP contribution in [0.1, 0.15) is 19.3 Å². The number of aromatic nitrogens is 3. The second kappa shape index (κ2) is 11.8. The van der Waals surface area contributed by atoms with Gasteiger partial charge >= 0.3 is 6.01 Å². The molecule has 0 unspecified atom stereocenters. The molecular formula is C30H29ClFN7O2S. The Labute approximate surface area is 251 Å². The Balaban J connectivity index is 1.42. The molecule has 1 aromatic carbocycles. The Bertz CT molecular complexity index is 1720. The van der Waals surface area contributed by atoms with Gasteiger partial charge in [-0.05, 0) is 50.0 Å². The van der Waals surface area contributed by atoms with Gasteiger partial charge in [-0.2, -0.15) is 15.2 Å². The number of benzene rings is 1. The minimum Gasteiger partial charge on any atom is -0.462 e. The van der Waals surface area contributed by atoms with Gasteiger partial charge in [0.1, 0.15) is 12.4 Å². The number of hydrogen-bond donors (Lipinski definition) is 0. The summed E-state index contributed by atoms with van der Waals surface area (Å²) in [6.07, 6.45) is 2.18. The number of thiophene rings is 1. The third kappa shape index (κ3) is 5.38. The van der Waals surface area contributed by atoms with Crippen molar-refractivity contribution in [3.8, 4) is 23.3 Å². The fraction of sp³-hybridized carbons (Fsp3) is 0.367. The van der Waals surface area contributed by atoms with Gasteiger partial charge in [0.25, 0.3) is 5.91 Å². The summed E-state index contributed by atoms with van der Waals surface area (Å²) in [4.78, 5) is 32.5. The molecule has 3 aromatic heterocycles. The molecule has 12 heteroatoms. The van der Waals surface area contributed by atoms with E-state index in [0.29, 0.717) is 40.7 Å². The van der Waals surface area contributed by atoms with Crippen LogP contribution in [-0.4, -0.2) is 82.6 Å². The van der Waals surface area contributed by atoms with Crippen molar-refractivity contribution < 1.29 is 13.9 Å². The summed E-state index contributed by atoms with van der Waals surface area (Å²) in [5.41, 5.74) is 1.94. The van der Waals surface area contributed by atoms with Gasteiger partial charge in [0.05, 0.1) is 34.6 Å². The molecule has 216 valence electrons. The number of amides is 1. The van der Waals surface area contributed by atoms with Gasteiger partial charge in [0, 0.05) is 41.3 Å². The Kier molecular flexibility index (Phi) is 7.94. The number of fused-ring (bicyclic) bond motifs is 2. The molecule has 0 bridgehead atoms. The average Bonchev–Trinajstić information content (AvgIpc) is 3.64. The number of piperazine rings is 1. The minimum absolute atomic E-state index is 0.0315. The maximum Gasteiger partial charge on any atom is 0.320 e. The number of likely N-dealkylation sites (N-methyl/N-ethyl adjacent to an activating group) is 1. The summed E-state index contributed by atoms with van der Waals surface area (Å²) >= 11 is 8.53. The van der Waals surface area contributed by atoms with Gasteiger partial charge in [-0.15, -0.1) is 11.3 Å². The van der Waals surface area contributed by atoms with E-state index in [9.17, 15) is 14.4 Å². The first kappa shape index (κ1) is 28.3. The fourth-order valence-electron chi connectivity index (χ4n) is 5.80. The van der Waals surface area contributed by atoms with Gasteiger partial charge in [-0.25, -0.2) is 9.37 Å². The second-order valence-electron chi connectivity index (χ2n) is 10.6. The van der Waals surface area contributed by atoms with Crippen LogP contribution >= 0.6 is 22.9 Å². The Morgan fingerprint density at radius 2 is 2.07 bits per heavy atom. The highest BCUT2D eigenvalue weighted by Gasteiger charge is 2.33. The average molecular weight is 606 g/mol. The zero-order valence-corrected chi connectivity index (χ0v) is 24.7. The summed E-state index contributed by atoms with van der Waals surface area (Å²) in [6.45, 7) is 5.42. The number of rotatable bonds is 7. The van der Waals surface area contributed by atoms with Gasteiger partial charge in [0.2, 0.25) is 0 Å². The van der Waals surface area contributed by atoms with Crippen LogP contribution in [0.15, 0.2) is 48.1 Å². The monoisotopic (exact) mass is 605 g/mol. The van der Waals surface area contributed by atoms with Crippen LogP contribution in [0.25, 0.3) is 32.4 Å². The lowest BCUT2D eigenvalue weighted by atomic mass is 10.1. The van der Waals surface area contributed by atoms with E-state index < -0.39 is 17.8 Å². The van der Waals surface area contributed by atoms with E-state index >= 15 is 0 Å². The summed E-state index contributed by atoms with van der Waals surface area (Å²) in [7, 11) is 2.08. The van der Waals surface area contributed by atoms with Crippen LogP contribution in [0.2, 0.25) is 5.02 Å². The lowest BCUT2D eigenvalue weighted by molar-refractivity contribution is -0.131. The number of carbonyl (C=O) groups is 1. The number of halogens is 2. The third-order valence-electron chi connectivity index (χ3n) is 8.03. The zero-order valence-electron chi connectivity index (χ0n) is 23.1. The normalized spacial score (nSPS) is 19.4. The molecule has 2 atom stereocenters. The summed E-state index contributed by atoms with van der Waals surface area (Å²) < 4.78 is 21.1. The number of likely N-dealkylation sites (tertiary alicyclic amines) is 1. The quantitative estimate of drug-likeness (QED) is 0.257. The molecule has 6 rings (SSSR count). The van der Waals surface area contributed by atoms with E-state index in [0.717, 1.165) is 35.0 Å². The van der Waals surface area contributed by atoms with E-state index in [1.807, 2.05) is 28.5 Å². The van der Waals surface area contributed by atoms with Crippen LogP contribution in [0.5, 0.6) is 6.01 Å². The predicted molar refractivity (Wildman–Crippen MR) is 163 cm³/mol. The zero-order chi connectivity index (χ0) is 29.4. The summed E-state index contributed by atoms with van der Waals surface area (Å²) in [5.74, 6) is -1.31. The fourth-order valence-corrected chi connectivity index (χ4v) is 6.87. The van der Waals surface area contributed by atoms with Crippen molar-refractivity contribution in [1.29, 1.82) is 5.26 Å². The highest BCUT2D eigenvalue weighted by molar-refractivity contribution is 7.17. The second-order valence-corrected chi connectivity index (χ2v) is 12.0. The molecule has 42 heavy (non-hydrogen) atoms. The van der Waals surface area contributed by atoms with Crippen molar-refractivity contribution in [2.45, 2.75) is 31.3 Å². The molecule has 4 aromatic rings. The summed E-state index contributed by atoms with van der Waals surface area (Å²) in [6, 6.07) is 11.9. The van der Waals surface area contributed by atoms with Crippen molar-refractivity contribution in [3.05, 3.63) is 53.1 Å². The van der Waals surface area contributed by atoms with E-state index in [2.05, 4.69) is 36.7 Å². The van der Waals surface area contributed by atoms with E-state index in [1.54, 1.807) is 11.3 Å². The van der Waals surface area contributed by atoms with Gasteiger partial charge in [0.15, 0.2) is 11.5 Å². The lowest BCUT2D eigenvalue weighted by Gasteiger charge is -2.41. The van der Waals surface area contributed by atoms with Crippen LogP contribution in [0.3, 0.4) is 0 Å². The van der Waals surface area contributed by atoms with Crippen LogP contribution in [0, 0.1) is 11.3 Å². The number of ether oxygens (including phenoxy) is 1. The Hall–Kier alpha value is -3.85. The number of carbonyl (C=O) groups excluding carboxylic acids is 1. The molecular weight excluding hydrogens is 577 g/mol. The van der Waals surface area contributed by atoms with Crippen molar-refractivity contribution in [2.24, 2.45) is 0 Å². The highest BCUT2D eigenvalue weighted by Crippen LogP contribution is 2.38. The Morgan fingerprint density at radius 1 is 1.21 bits per heavy atom. The van der Waals surface area contributed by atoms with Gasteiger partial charge in [-0.3, -0.25) is 4.79 Å². The Morgan fingerprint density at radius 3 is 2.83 bits per heavy atom. The van der Waals surface area contributed by atoms with Gasteiger partial charge < -0.3 is 19.4 Å². The van der Waals surface area contributed by atoms with E-state index in [1.165, 1.54) is 4.90 Å². The van der Waals surface area contributed by atoms with E-state index in [4.69, 9.17) is 31.3 Å². The molecule has 0 saturated carbocycles. The molecule has 2 aliphatic rings. The topological polar surface area (TPSA) is 98.5 Å². The molecule has 2 saturated heterocycles. The molecule has 0 N–H and O–H groups in total. The first-order chi connectivity index (χ1) is 20.3. The molecule has 0 radical (unpaired) electrons. The maximum atomic E-state index is 13.8. The molecule has 0 spiro atoms. The minimum atomic E-state index is -1.05. The standard InChI is InChI=1S/C30H29ClFN7O2S/c1-18(32)29(40)39-13-12-38(16-19(39)8-10-33)28-23-15-24(31)26(22-6-3-7-25-21(22)9-14-42-25)34-27(23)35-30(36-28)41-17-20-5-4-11-37(20)2/h3,6-7,9,14-15,19-20H,1,4-5,8,11-13,16-17H2,2H3/t19-,20-/m0/s1. The third-order valence-corrected chi connectivity index (χ3v) is 9.20. The number of pyridine rings is 1. The first-order valence-corrected chi connectivity index (χ1v) is 15.0. The maximum absolute atomic E-state index is 13.8. The van der Waals surface area contributed by atoms with Gasteiger partial charge in [-0.1, -0.05) is 30.3 Å². The van der Waals surface area contributed by atoms with Crippen molar-refractivity contribution >= 4 is 55.8 Å². The molecule has 2 aliphatic heterocycles. The first-order valence-electron chi connectivity index (χ1n) is 13.8. The molecule has 5 heterocycles. The molecule has 1 amide bonds. The highest BCUT2D eigenvalue weighted by atomic mass is 35.5. The van der Waals surface area contributed by atoms with Crippen LogP contribution in [0.4, 0.5) is 10.2 Å². The van der Waals surface area contributed by atoms with Crippen molar-refractivity contribution in [2.75, 3.05) is 44.7 Å². The van der Waals surface area contributed by atoms with E-state index in [-0.39, 0.29) is 31.6 Å². The predicted octanol–water partition coefficient (Wildman–Crippen LogP) is 5.45. The van der Waals surface area contributed by atoms with Crippen LogP contribution < -0.4 is 9.64 Å². The SMILES string of the molecule is C=C(F)C(=O)N1CCN(c2nc(OC[C@@H]3CCCN3C)nc3nc(-c4cccc5sccc45)c(Cl)cc23)C[C@@H]1CC#N.